The van der Waals surface area contributed by atoms with E-state index in [-0.39, 0.29) is 18.2 Å². The van der Waals surface area contributed by atoms with Crippen molar-refractivity contribution in [3.63, 3.8) is 0 Å². The Kier molecular flexibility index (Phi) is 4.92. The van der Waals surface area contributed by atoms with E-state index in [1.54, 1.807) is 19.9 Å². The first-order chi connectivity index (χ1) is 13.9. The van der Waals surface area contributed by atoms with Gasteiger partial charge in [0.15, 0.2) is 11.5 Å². The molecule has 1 aromatic heterocycles. The second-order valence-corrected chi connectivity index (χ2v) is 7.42. The van der Waals surface area contributed by atoms with Gasteiger partial charge in [-0.05, 0) is 62.1 Å². The van der Waals surface area contributed by atoms with Crippen LogP contribution in [0.1, 0.15) is 29.0 Å². The van der Waals surface area contributed by atoms with Gasteiger partial charge in [0, 0.05) is 17.8 Å². The lowest BCUT2D eigenvalue weighted by Crippen LogP contribution is -2.35. The number of nitrogens with one attached hydrogen (secondary N) is 1. The van der Waals surface area contributed by atoms with E-state index in [1.165, 1.54) is 5.56 Å². The van der Waals surface area contributed by atoms with E-state index < -0.39 is 0 Å². The van der Waals surface area contributed by atoms with Crippen LogP contribution in [0, 0.1) is 20.8 Å². The monoisotopic (exact) mass is 389 g/mol. The molecule has 2 aliphatic rings. The Labute approximate surface area is 169 Å². The predicted octanol–water partition coefficient (Wildman–Crippen LogP) is 3.94. The van der Waals surface area contributed by atoms with Gasteiger partial charge in [-0.25, -0.2) is 0 Å². The van der Waals surface area contributed by atoms with Gasteiger partial charge < -0.3 is 14.7 Å². The van der Waals surface area contributed by atoms with Crippen LogP contribution in [0.15, 0.2) is 58.3 Å². The topological polar surface area (TPSA) is 75.4 Å². The third kappa shape index (κ3) is 3.78. The van der Waals surface area contributed by atoms with Crippen molar-refractivity contribution in [3.05, 3.63) is 76.4 Å². The molecule has 2 heterocycles. The Bertz CT molecular complexity index is 1070. The highest BCUT2D eigenvalue weighted by Gasteiger charge is 2.25. The maximum atomic E-state index is 12.9. The van der Waals surface area contributed by atoms with E-state index in [1.807, 2.05) is 24.0 Å². The third-order valence-corrected chi connectivity index (χ3v) is 5.20. The molecule has 0 fully saturated rings. The zero-order valence-electron chi connectivity index (χ0n) is 16.8. The minimum Gasteiger partial charge on any atom is -0.359 e. The number of aromatic nitrogens is 1. The molecule has 2 aromatic rings. The van der Waals surface area contributed by atoms with Crippen molar-refractivity contribution < 1.29 is 14.1 Å². The molecule has 1 amide bonds. The van der Waals surface area contributed by atoms with E-state index in [9.17, 15) is 9.59 Å². The lowest BCUT2D eigenvalue weighted by molar-refractivity contribution is -0.115. The first kappa shape index (κ1) is 18.9. The van der Waals surface area contributed by atoms with Crippen LogP contribution in [-0.4, -0.2) is 23.4 Å². The summed E-state index contributed by atoms with van der Waals surface area (Å²) in [5, 5.41) is 6.82. The summed E-state index contributed by atoms with van der Waals surface area (Å²) in [6.45, 7) is 5.76. The summed E-state index contributed by atoms with van der Waals surface area (Å²) in [6.07, 6.45) is 8.64. The number of rotatable bonds is 4. The van der Waals surface area contributed by atoms with Gasteiger partial charge in [0.05, 0.1) is 0 Å². The SMILES string of the molecule is Cc1ccc2c(c1)N(CC(=O)Nc1c(C)noc1C)C(C1=CCC(=O)C=C1)=CC2. The van der Waals surface area contributed by atoms with Gasteiger partial charge in [-0.3, -0.25) is 9.59 Å². The molecule has 0 atom stereocenters. The zero-order chi connectivity index (χ0) is 20.5. The number of carbonyl (C=O) groups excluding carboxylic acids is 2. The van der Waals surface area contributed by atoms with Crippen LogP contribution in [0.5, 0.6) is 0 Å². The van der Waals surface area contributed by atoms with E-state index in [2.05, 4.69) is 34.7 Å². The van der Waals surface area contributed by atoms with Gasteiger partial charge in [0.2, 0.25) is 5.91 Å². The second-order valence-electron chi connectivity index (χ2n) is 7.42. The summed E-state index contributed by atoms with van der Waals surface area (Å²) in [4.78, 5) is 26.5. The second kappa shape index (κ2) is 7.54. The summed E-state index contributed by atoms with van der Waals surface area (Å²) in [5.41, 5.74) is 6.48. The molecule has 1 N–H and O–H groups in total. The molecule has 1 aliphatic heterocycles. The van der Waals surface area contributed by atoms with Gasteiger partial charge in [-0.2, -0.15) is 0 Å². The van der Waals surface area contributed by atoms with E-state index >= 15 is 0 Å². The summed E-state index contributed by atoms with van der Waals surface area (Å²) >= 11 is 0. The highest BCUT2D eigenvalue weighted by atomic mass is 16.5. The lowest BCUT2D eigenvalue weighted by atomic mass is 9.95. The Balaban J connectivity index is 1.66. The normalized spacial score (nSPS) is 15.7. The predicted molar refractivity (Wildman–Crippen MR) is 112 cm³/mol. The minimum absolute atomic E-state index is 0.0871. The maximum Gasteiger partial charge on any atom is 0.244 e. The minimum atomic E-state index is -0.156. The number of allylic oxidation sites excluding steroid dienone is 4. The Morgan fingerprint density at radius 1 is 1.17 bits per heavy atom. The Morgan fingerprint density at radius 3 is 2.69 bits per heavy atom. The highest BCUT2D eigenvalue weighted by molar-refractivity contribution is 5.97. The average molecular weight is 389 g/mol. The molecule has 1 aromatic carbocycles. The summed E-state index contributed by atoms with van der Waals surface area (Å²) < 4.78 is 5.14. The molecular formula is C23H23N3O3. The summed E-state index contributed by atoms with van der Waals surface area (Å²) in [5.74, 6) is 0.512. The van der Waals surface area contributed by atoms with Crippen molar-refractivity contribution in [1.29, 1.82) is 0 Å². The number of fused-ring (bicyclic) bond motifs is 1. The van der Waals surface area contributed by atoms with Crippen LogP contribution in [0.2, 0.25) is 0 Å². The molecule has 1 aliphatic carbocycles. The van der Waals surface area contributed by atoms with Gasteiger partial charge in [-0.15, -0.1) is 0 Å². The number of benzene rings is 1. The standard InChI is InChI=1S/C23H23N3O3/c1-14-4-5-18-8-11-20(17-6-9-19(27)10-7-17)26(21(18)12-14)13-22(28)24-23-15(2)25-29-16(23)3/h4-7,9,11-12H,8,10,13H2,1-3H3,(H,24,28). The smallest absolute Gasteiger partial charge is 0.244 e. The number of hydrogen-bond donors (Lipinski definition) is 1. The fourth-order valence-electron chi connectivity index (χ4n) is 3.69. The van der Waals surface area contributed by atoms with Crippen molar-refractivity contribution in [1.82, 2.24) is 5.16 Å². The van der Waals surface area contributed by atoms with Gasteiger partial charge in [0.1, 0.15) is 17.9 Å². The van der Waals surface area contributed by atoms with Crippen LogP contribution in [0.3, 0.4) is 0 Å². The molecule has 6 heteroatoms. The molecule has 0 bridgehead atoms. The number of hydrogen-bond acceptors (Lipinski definition) is 5. The molecule has 0 radical (unpaired) electrons. The van der Waals surface area contributed by atoms with Crippen LogP contribution in [0.25, 0.3) is 0 Å². The fraction of sp³-hybridized carbons (Fsp3) is 0.261. The molecule has 4 rings (SSSR count). The summed E-state index contributed by atoms with van der Waals surface area (Å²) in [6, 6.07) is 6.29. The Morgan fingerprint density at radius 2 is 2.00 bits per heavy atom. The number of anilines is 2. The van der Waals surface area contributed by atoms with E-state index in [0.717, 1.165) is 28.9 Å². The molecule has 148 valence electrons. The molecule has 29 heavy (non-hydrogen) atoms. The first-order valence-corrected chi connectivity index (χ1v) is 9.64. The van der Waals surface area contributed by atoms with Crippen molar-refractivity contribution in [2.24, 2.45) is 0 Å². The van der Waals surface area contributed by atoms with Crippen LogP contribution >= 0.6 is 0 Å². The van der Waals surface area contributed by atoms with E-state index in [0.29, 0.717) is 23.6 Å². The molecule has 0 saturated carbocycles. The summed E-state index contributed by atoms with van der Waals surface area (Å²) in [7, 11) is 0. The average Bonchev–Trinajstić information content (AvgIpc) is 3.01. The van der Waals surface area contributed by atoms with Crippen LogP contribution in [0.4, 0.5) is 11.4 Å². The van der Waals surface area contributed by atoms with Gasteiger partial charge in [0.25, 0.3) is 0 Å². The first-order valence-electron chi connectivity index (χ1n) is 9.64. The number of carbonyl (C=O) groups is 2. The van der Waals surface area contributed by atoms with Crippen molar-refractivity contribution in [3.8, 4) is 0 Å². The maximum absolute atomic E-state index is 12.9. The number of aryl methyl sites for hydroxylation is 3. The van der Waals surface area contributed by atoms with Gasteiger partial charge >= 0.3 is 0 Å². The third-order valence-electron chi connectivity index (χ3n) is 5.20. The molecule has 0 unspecified atom stereocenters. The van der Waals surface area contributed by atoms with Gasteiger partial charge in [-0.1, -0.05) is 29.4 Å². The fourth-order valence-corrected chi connectivity index (χ4v) is 3.69. The quantitative estimate of drug-likeness (QED) is 0.857. The Hall–Kier alpha value is -3.41. The zero-order valence-corrected chi connectivity index (χ0v) is 16.8. The van der Waals surface area contributed by atoms with Crippen molar-refractivity contribution in [2.75, 3.05) is 16.8 Å². The number of ketones is 1. The van der Waals surface area contributed by atoms with Crippen molar-refractivity contribution >= 4 is 23.1 Å². The molecule has 0 saturated heterocycles. The molecule has 6 nitrogen and oxygen atoms in total. The van der Waals surface area contributed by atoms with Crippen molar-refractivity contribution in [2.45, 2.75) is 33.6 Å². The van der Waals surface area contributed by atoms with E-state index in [4.69, 9.17) is 4.52 Å². The van der Waals surface area contributed by atoms with Crippen LogP contribution < -0.4 is 10.2 Å². The lowest BCUT2D eigenvalue weighted by Gasteiger charge is -2.33. The molecule has 0 spiro atoms. The largest absolute Gasteiger partial charge is 0.359 e. The molecular weight excluding hydrogens is 366 g/mol. The number of nitrogens with zero attached hydrogens (tertiary/aromatic N) is 2. The number of amides is 1. The highest BCUT2D eigenvalue weighted by Crippen LogP contribution is 2.34. The van der Waals surface area contributed by atoms with Crippen LogP contribution in [-0.2, 0) is 16.0 Å².